The summed E-state index contributed by atoms with van der Waals surface area (Å²) in [6.07, 6.45) is 0. The minimum absolute atomic E-state index is 0.469. The maximum absolute atomic E-state index is 10.7. The summed E-state index contributed by atoms with van der Waals surface area (Å²) >= 11 is 0. The molecule has 0 amide bonds. The molecule has 0 N–H and O–H groups in total. The van der Waals surface area contributed by atoms with E-state index in [-0.39, 0.29) is 0 Å². The third-order valence-electron chi connectivity index (χ3n) is 20.0. The standard InChI is InChI=1S/C87H52N8/c1-53-45-54(52-88)47-55(46-53)60-39-44-85(94-81-40-35-56(90-73-27-11-3-19-61(73)62-20-4-12-28-74(62)90)48-69(81)70-49-57(36-41-82(70)94)91-75-29-13-5-21-63(75)64-22-6-14-30-76(64)91)86(89-2)87(60)95-83-42-37-58(92-77-31-15-7-23-65(77)66-24-8-16-32-78(66)92)50-71(83)72-51-59(38-43-84(72)95)93-79-33-17-9-25-67(79)68-26-10-18-34-80(68)93/h3-51H,1H3. The highest BCUT2D eigenvalue weighted by Crippen LogP contribution is 2.49. The highest BCUT2D eigenvalue weighted by atomic mass is 15.1. The fourth-order valence-electron chi connectivity index (χ4n) is 16.2. The second-order valence-electron chi connectivity index (χ2n) is 25.1. The van der Waals surface area contributed by atoms with Crippen LogP contribution >= 0.6 is 0 Å². The van der Waals surface area contributed by atoms with Crippen molar-refractivity contribution in [1.29, 1.82) is 5.26 Å². The zero-order chi connectivity index (χ0) is 62.7. The number of rotatable bonds is 7. The summed E-state index contributed by atoms with van der Waals surface area (Å²) in [5, 5.41) is 24.4. The molecule has 0 saturated heterocycles. The van der Waals surface area contributed by atoms with E-state index in [1.165, 1.54) is 43.1 Å². The van der Waals surface area contributed by atoms with Crippen LogP contribution in [0.25, 0.3) is 181 Å². The molecule has 0 saturated carbocycles. The van der Waals surface area contributed by atoms with E-state index >= 15 is 0 Å². The smallest absolute Gasteiger partial charge is 0.234 e. The summed E-state index contributed by atoms with van der Waals surface area (Å²) in [5.41, 5.74) is 22.0. The first kappa shape index (κ1) is 52.6. The molecule has 95 heavy (non-hydrogen) atoms. The van der Waals surface area contributed by atoms with Gasteiger partial charge in [-0.25, -0.2) is 4.85 Å². The van der Waals surface area contributed by atoms with Gasteiger partial charge in [0, 0.05) is 87.4 Å². The van der Waals surface area contributed by atoms with E-state index in [1.54, 1.807) is 0 Å². The topological polar surface area (TPSA) is 57.7 Å². The second-order valence-corrected chi connectivity index (χ2v) is 25.1. The number of fused-ring (bicyclic) bond motifs is 18. The largest absolute Gasteiger partial charge is 0.319 e. The van der Waals surface area contributed by atoms with Gasteiger partial charge in [0.1, 0.15) is 0 Å². The number of para-hydroxylation sites is 8. The van der Waals surface area contributed by atoms with Gasteiger partial charge in [-0.05, 0) is 163 Å². The summed E-state index contributed by atoms with van der Waals surface area (Å²) in [6, 6.07) is 110. The van der Waals surface area contributed by atoms with Crippen LogP contribution in [0.1, 0.15) is 11.1 Å². The number of hydrogen-bond donors (Lipinski definition) is 0. The lowest BCUT2D eigenvalue weighted by Crippen LogP contribution is -2.03. The van der Waals surface area contributed by atoms with E-state index in [2.05, 4.69) is 319 Å². The van der Waals surface area contributed by atoms with Crippen molar-refractivity contribution in [3.63, 3.8) is 0 Å². The molecular formula is C87H52N8. The van der Waals surface area contributed by atoms with Crippen LogP contribution in [0.4, 0.5) is 5.69 Å². The van der Waals surface area contributed by atoms with Crippen molar-refractivity contribution in [2.75, 3.05) is 0 Å². The van der Waals surface area contributed by atoms with Gasteiger partial charge in [-0.15, -0.1) is 0 Å². The first-order valence-electron chi connectivity index (χ1n) is 32.2. The lowest BCUT2D eigenvalue weighted by molar-refractivity contribution is 1.13. The molecule has 440 valence electrons. The Hall–Kier alpha value is -13.1. The van der Waals surface area contributed by atoms with Crippen LogP contribution in [-0.4, -0.2) is 27.4 Å². The normalized spacial score (nSPS) is 12.0. The molecule has 20 rings (SSSR count). The SMILES string of the molecule is [C-]#[N+]c1c(-n2c3ccc(-n4c5ccccc5c5ccccc54)cc3c3cc(-n4c5ccccc5c5ccccc54)ccc32)ccc(-c2cc(C)cc(C#N)c2)c1-n1c2ccc(-n3c4ccccc4c4ccccc43)cc2c2cc(-n3c4ccccc4c4ccccc43)ccc21. The zero-order valence-corrected chi connectivity index (χ0v) is 51.4. The van der Waals surface area contributed by atoms with Crippen molar-refractivity contribution in [3.8, 4) is 51.3 Å². The van der Waals surface area contributed by atoms with Gasteiger partial charge in [-0.1, -0.05) is 158 Å². The molecule has 0 aliphatic carbocycles. The Morgan fingerprint density at radius 2 is 0.568 bits per heavy atom. The van der Waals surface area contributed by atoms with Gasteiger partial charge in [0.05, 0.1) is 95.8 Å². The van der Waals surface area contributed by atoms with Gasteiger partial charge in [0.15, 0.2) is 0 Å². The summed E-state index contributed by atoms with van der Waals surface area (Å²) in [7, 11) is 0. The summed E-state index contributed by atoms with van der Waals surface area (Å²) in [6.45, 7) is 11.8. The molecule has 6 aromatic heterocycles. The van der Waals surface area contributed by atoms with Crippen molar-refractivity contribution < 1.29 is 0 Å². The average molecular weight is 1210 g/mol. The summed E-state index contributed by atoms with van der Waals surface area (Å²) < 4.78 is 14.2. The molecular weight excluding hydrogens is 1160 g/mol. The quantitative estimate of drug-likeness (QED) is 0.147. The molecule has 0 spiro atoms. The Bertz CT molecular complexity index is 6280. The molecule has 0 bridgehead atoms. The molecule has 20 aromatic rings. The number of hydrogen-bond acceptors (Lipinski definition) is 1. The summed E-state index contributed by atoms with van der Waals surface area (Å²) in [4.78, 5) is 4.79. The van der Waals surface area contributed by atoms with Crippen LogP contribution in [0.15, 0.2) is 297 Å². The third kappa shape index (κ3) is 7.45. The van der Waals surface area contributed by atoms with Gasteiger partial charge in [-0.3, -0.25) is 0 Å². The average Bonchev–Trinajstić information content (AvgIpc) is 1.58. The Balaban J connectivity index is 0.902. The van der Waals surface area contributed by atoms with E-state index in [4.69, 9.17) is 4.85 Å². The molecule has 0 radical (unpaired) electrons. The van der Waals surface area contributed by atoms with Gasteiger partial charge in [-0.2, -0.15) is 5.26 Å². The van der Waals surface area contributed by atoms with Gasteiger partial charge >= 0.3 is 0 Å². The fraction of sp³-hybridized carbons (Fsp3) is 0.0115. The van der Waals surface area contributed by atoms with E-state index in [0.717, 1.165) is 139 Å². The fourth-order valence-corrected chi connectivity index (χ4v) is 16.2. The molecule has 14 aromatic carbocycles. The highest BCUT2D eigenvalue weighted by molar-refractivity contribution is 6.18. The molecule has 8 nitrogen and oxygen atoms in total. The number of benzene rings is 14. The van der Waals surface area contributed by atoms with E-state index < -0.39 is 0 Å². The van der Waals surface area contributed by atoms with Crippen molar-refractivity contribution in [1.82, 2.24) is 27.4 Å². The highest BCUT2D eigenvalue weighted by Gasteiger charge is 2.28. The third-order valence-corrected chi connectivity index (χ3v) is 20.0. The molecule has 0 atom stereocenters. The van der Waals surface area contributed by atoms with E-state index in [0.29, 0.717) is 11.3 Å². The van der Waals surface area contributed by atoms with Gasteiger partial charge in [0.25, 0.3) is 0 Å². The Morgan fingerprint density at radius 3 is 0.863 bits per heavy atom. The molecule has 8 heteroatoms. The van der Waals surface area contributed by atoms with E-state index in [9.17, 15) is 11.8 Å². The zero-order valence-electron chi connectivity index (χ0n) is 51.4. The molecule has 6 heterocycles. The number of nitrogens with zero attached hydrogens (tertiary/aromatic N) is 8. The Morgan fingerprint density at radius 1 is 0.284 bits per heavy atom. The molecule has 0 unspecified atom stereocenters. The predicted octanol–water partition coefficient (Wildman–Crippen LogP) is 22.7. The minimum Gasteiger partial charge on any atom is -0.319 e. The predicted molar refractivity (Wildman–Crippen MR) is 394 cm³/mol. The van der Waals surface area contributed by atoms with Crippen molar-refractivity contribution in [3.05, 3.63) is 320 Å². The maximum atomic E-state index is 10.7. The second kappa shape index (κ2) is 19.9. The Labute approximate surface area is 544 Å². The first-order valence-corrected chi connectivity index (χ1v) is 32.2. The molecule has 0 aliphatic heterocycles. The van der Waals surface area contributed by atoms with Gasteiger partial charge < -0.3 is 27.4 Å². The minimum atomic E-state index is 0.469. The van der Waals surface area contributed by atoms with Crippen molar-refractivity contribution in [2.24, 2.45) is 0 Å². The molecule has 0 fully saturated rings. The molecule has 0 aliphatic rings. The lowest BCUT2D eigenvalue weighted by atomic mass is 9.97. The first-order chi connectivity index (χ1) is 47.0. The summed E-state index contributed by atoms with van der Waals surface area (Å²) in [5.74, 6) is 0. The van der Waals surface area contributed by atoms with Crippen LogP contribution in [-0.2, 0) is 0 Å². The van der Waals surface area contributed by atoms with Gasteiger partial charge in [0.2, 0.25) is 5.69 Å². The monoisotopic (exact) mass is 1210 g/mol. The lowest BCUT2D eigenvalue weighted by Gasteiger charge is -2.21. The van der Waals surface area contributed by atoms with Crippen molar-refractivity contribution >= 4 is 137 Å². The maximum Gasteiger partial charge on any atom is 0.234 e. The number of nitriles is 1. The van der Waals surface area contributed by atoms with Crippen LogP contribution in [0, 0.1) is 24.8 Å². The van der Waals surface area contributed by atoms with Crippen molar-refractivity contribution in [2.45, 2.75) is 6.92 Å². The van der Waals surface area contributed by atoms with Crippen LogP contribution in [0.5, 0.6) is 0 Å². The number of aryl methyl sites for hydroxylation is 1. The number of aromatic nitrogens is 6. The van der Waals surface area contributed by atoms with Crippen LogP contribution in [0.2, 0.25) is 0 Å². The Kier molecular flexibility index (Phi) is 11.0. The van der Waals surface area contributed by atoms with Crippen LogP contribution < -0.4 is 0 Å². The van der Waals surface area contributed by atoms with Crippen LogP contribution in [0.3, 0.4) is 0 Å². The van der Waals surface area contributed by atoms with E-state index in [1.807, 2.05) is 19.1 Å².